The lowest BCUT2D eigenvalue weighted by Crippen LogP contribution is -2.16. The van der Waals surface area contributed by atoms with E-state index >= 15 is 0 Å². The number of anilines is 1. The van der Waals surface area contributed by atoms with Crippen LogP contribution in [0.4, 0.5) is 5.69 Å². The van der Waals surface area contributed by atoms with E-state index in [1.165, 1.54) is 6.07 Å². The van der Waals surface area contributed by atoms with Crippen molar-refractivity contribution in [3.63, 3.8) is 0 Å². The normalized spacial score (nSPS) is 11.1. The summed E-state index contributed by atoms with van der Waals surface area (Å²) in [5.41, 5.74) is 0.0971. The molecule has 0 radical (unpaired) electrons. The number of ether oxygens (including phenoxy) is 1. The Morgan fingerprint density at radius 2 is 1.92 bits per heavy atom. The maximum absolute atomic E-state index is 11.9. The molecule has 0 atom stereocenters. The number of para-hydroxylation sites is 1. The number of carboxylic acid groups (broad SMARTS) is 1. The maximum atomic E-state index is 11.9. The van der Waals surface area contributed by atoms with E-state index < -0.39 is 16.0 Å². The van der Waals surface area contributed by atoms with Gasteiger partial charge in [0.1, 0.15) is 16.4 Å². The number of carbonyl (C=O) groups is 1. The number of rotatable bonds is 8. The fourth-order valence-electron chi connectivity index (χ4n) is 2.20. The van der Waals surface area contributed by atoms with E-state index in [9.17, 15) is 18.3 Å². The first-order valence-corrected chi connectivity index (χ1v) is 9.28. The van der Waals surface area contributed by atoms with E-state index in [1.807, 2.05) is 6.92 Å². The van der Waals surface area contributed by atoms with E-state index in [-0.39, 0.29) is 21.9 Å². The van der Waals surface area contributed by atoms with Gasteiger partial charge in [-0.2, -0.15) is 0 Å². The predicted molar refractivity (Wildman–Crippen MR) is 94.7 cm³/mol. The first-order valence-electron chi connectivity index (χ1n) is 7.74. The molecule has 0 spiro atoms. The average molecular weight is 364 g/mol. The number of unbranched alkanes of at least 4 members (excludes halogenated alkanes) is 1. The summed E-state index contributed by atoms with van der Waals surface area (Å²) in [5, 5.41) is 17.6. The van der Waals surface area contributed by atoms with Crippen LogP contribution in [0.15, 0.2) is 47.4 Å². The van der Waals surface area contributed by atoms with Gasteiger partial charge in [-0.15, -0.1) is 0 Å². The molecule has 0 saturated heterocycles. The number of sulfonamides is 1. The van der Waals surface area contributed by atoms with Gasteiger partial charge in [-0.3, -0.25) is 0 Å². The zero-order chi connectivity index (χ0) is 18.4. The first kappa shape index (κ1) is 18.8. The Morgan fingerprint density at radius 3 is 2.48 bits per heavy atom. The van der Waals surface area contributed by atoms with Crippen molar-refractivity contribution in [2.24, 2.45) is 5.14 Å². The smallest absolute Gasteiger partial charge is 0.337 e. The Kier molecular flexibility index (Phi) is 6.00. The minimum absolute atomic E-state index is 0.0299. The first-order chi connectivity index (χ1) is 11.8. The topological polar surface area (TPSA) is 119 Å². The molecule has 134 valence electrons. The Labute approximate surface area is 146 Å². The molecule has 0 fully saturated rings. The molecule has 0 aliphatic rings. The Morgan fingerprint density at radius 1 is 1.24 bits per heavy atom. The summed E-state index contributed by atoms with van der Waals surface area (Å²) in [5.74, 6) is -0.872. The minimum Gasteiger partial charge on any atom is -0.478 e. The maximum Gasteiger partial charge on any atom is 0.337 e. The number of benzene rings is 2. The van der Waals surface area contributed by atoms with Gasteiger partial charge in [-0.05, 0) is 24.6 Å². The van der Waals surface area contributed by atoms with Crippen LogP contribution in [0.2, 0.25) is 0 Å². The number of nitrogens with two attached hydrogens (primary N) is 1. The molecule has 2 aromatic carbocycles. The lowest BCUT2D eigenvalue weighted by atomic mass is 10.1. The van der Waals surface area contributed by atoms with Gasteiger partial charge in [0, 0.05) is 12.6 Å². The van der Waals surface area contributed by atoms with Gasteiger partial charge in [0.15, 0.2) is 0 Å². The number of hydrogen-bond donors (Lipinski definition) is 3. The zero-order valence-corrected chi connectivity index (χ0v) is 14.5. The van der Waals surface area contributed by atoms with Crippen molar-refractivity contribution < 1.29 is 23.1 Å². The van der Waals surface area contributed by atoms with Crippen molar-refractivity contribution in [3.05, 3.63) is 48.0 Å². The standard InChI is InChI=1S/C17H20N2O5S/c1-2-3-9-19-14-11-15(24-12-7-5-4-6-8-12)16(25(18,22)23)10-13(14)17(20)21/h4-8,10-11,19H,2-3,9H2,1H3,(H,20,21)(H2,18,22,23). The van der Waals surface area contributed by atoms with Crippen molar-refractivity contribution in [3.8, 4) is 11.5 Å². The van der Waals surface area contributed by atoms with Crippen molar-refractivity contribution in [1.29, 1.82) is 0 Å². The van der Waals surface area contributed by atoms with E-state index in [4.69, 9.17) is 9.88 Å². The van der Waals surface area contributed by atoms with Crippen LogP contribution in [0.25, 0.3) is 0 Å². The van der Waals surface area contributed by atoms with Gasteiger partial charge in [0.2, 0.25) is 10.0 Å². The largest absolute Gasteiger partial charge is 0.478 e. The molecule has 0 amide bonds. The lowest BCUT2D eigenvalue weighted by molar-refractivity contribution is 0.0697. The van der Waals surface area contributed by atoms with Crippen LogP contribution in [0.3, 0.4) is 0 Å². The molecule has 2 aromatic rings. The molecule has 25 heavy (non-hydrogen) atoms. The Hall–Kier alpha value is -2.58. The fourth-order valence-corrected chi connectivity index (χ4v) is 2.86. The average Bonchev–Trinajstić information content (AvgIpc) is 2.55. The summed E-state index contributed by atoms with van der Waals surface area (Å²) in [7, 11) is -4.17. The molecule has 0 bridgehead atoms. The van der Waals surface area contributed by atoms with Gasteiger partial charge >= 0.3 is 5.97 Å². The molecule has 0 aliphatic heterocycles. The number of carboxylic acids is 1. The molecule has 0 aromatic heterocycles. The van der Waals surface area contributed by atoms with Crippen LogP contribution >= 0.6 is 0 Å². The molecule has 0 unspecified atom stereocenters. The number of aromatic carboxylic acids is 1. The second-order valence-electron chi connectivity index (χ2n) is 5.39. The molecular weight excluding hydrogens is 344 g/mol. The van der Waals surface area contributed by atoms with Gasteiger partial charge in [-0.1, -0.05) is 31.5 Å². The predicted octanol–water partition coefficient (Wildman–Crippen LogP) is 3.04. The summed E-state index contributed by atoms with van der Waals surface area (Å²) in [6.07, 6.45) is 1.77. The van der Waals surface area contributed by atoms with Crippen molar-refractivity contribution in [1.82, 2.24) is 0 Å². The van der Waals surface area contributed by atoms with E-state index in [1.54, 1.807) is 30.3 Å². The van der Waals surface area contributed by atoms with E-state index in [2.05, 4.69) is 5.32 Å². The molecular formula is C17H20N2O5S. The summed E-state index contributed by atoms with van der Waals surface area (Å²) in [4.78, 5) is 11.1. The van der Waals surface area contributed by atoms with E-state index in [0.717, 1.165) is 18.9 Å². The lowest BCUT2D eigenvalue weighted by Gasteiger charge is -2.15. The second-order valence-corrected chi connectivity index (χ2v) is 6.92. The minimum atomic E-state index is -4.17. The van der Waals surface area contributed by atoms with Crippen molar-refractivity contribution in [2.75, 3.05) is 11.9 Å². The SMILES string of the molecule is CCCCNc1cc(Oc2ccccc2)c(S(N)(=O)=O)cc1C(=O)O. The molecule has 7 nitrogen and oxygen atoms in total. The van der Waals surface area contributed by atoms with Crippen molar-refractivity contribution in [2.45, 2.75) is 24.7 Å². The number of nitrogens with one attached hydrogen (secondary N) is 1. The highest BCUT2D eigenvalue weighted by molar-refractivity contribution is 7.89. The van der Waals surface area contributed by atoms with Crippen LogP contribution in [0, 0.1) is 0 Å². The van der Waals surface area contributed by atoms with Crippen molar-refractivity contribution >= 4 is 21.7 Å². The van der Waals surface area contributed by atoms with Gasteiger partial charge in [0.05, 0.1) is 11.3 Å². The summed E-state index contributed by atoms with van der Waals surface area (Å²) in [6.45, 7) is 2.56. The monoisotopic (exact) mass is 364 g/mol. The van der Waals surface area contributed by atoms with Crippen LogP contribution in [0.5, 0.6) is 11.5 Å². The van der Waals surface area contributed by atoms with Crippen LogP contribution in [-0.4, -0.2) is 26.0 Å². The quantitative estimate of drug-likeness (QED) is 0.620. The highest BCUT2D eigenvalue weighted by Gasteiger charge is 2.22. The summed E-state index contributed by atoms with van der Waals surface area (Å²) in [6, 6.07) is 10.9. The molecule has 2 rings (SSSR count). The van der Waals surface area contributed by atoms with Crippen LogP contribution in [0.1, 0.15) is 30.1 Å². The molecule has 4 N–H and O–H groups in total. The van der Waals surface area contributed by atoms with Crippen LogP contribution < -0.4 is 15.2 Å². The molecule has 0 aliphatic carbocycles. The van der Waals surface area contributed by atoms with Gasteiger partial charge < -0.3 is 15.2 Å². The van der Waals surface area contributed by atoms with Gasteiger partial charge in [-0.25, -0.2) is 18.4 Å². The number of primary sulfonamides is 1. The van der Waals surface area contributed by atoms with Crippen LogP contribution in [-0.2, 0) is 10.0 Å². The molecule has 0 saturated carbocycles. The van der Waals surface area contributed by atoms with E-state index in [0.29, 0.717) is 12.3 Å². The summed E-state index contributed by atoms with van der Waals surface area (Å²) < 4.78 is 29.4. The second kappa shape index (κ2) is 8.00. The third-order valence-corrected chi connectivity index (χ3v) is 4.37. The number of hydrogen-bond acceptors (Lipinski definition) is 5. The molecule has 0 heterocycles. The highest BCUT2D eigenvalue weighted by Crippen LogP contribution is 2.33. The zero-order valence-electron chi connectivity index (χ0n) is 13.7. The highest BCUT2D eigenvalue weighted by atomic mass is 32.2. The third kappa shape index (κ3) is 4.94. The third-order valence-electron chi connectivity index (χ3n) is 3.44. The Bertz CT molecular complexity index is 851. The Balaban J connectivity index is 2.53. The van der Waals surface area contributed by atoms with Gasteiger partial charge in [0.25, 0.3) is 0 Å². The molecule has 8 heteroatoms. The fraction of sp³-hybridized carbons (Fsp3) is 0.235. The summed E-state index contributed by atoms with van der Waals surface area (Å²) >= 11 is 0.